The molecule has 1 heterocycles. The van der Waals surface area contributed by atoms with E-state index in [-0.39, 0.29) is 17.0 Å². The fourth-order valence-electron chi connectivity index (χ4n) is 3.06. The lowest BCUT2D eigenvalue weighted by Gasteiger charge is -2.11. The van der Waals surface area contributed by atoms with Gasteiger partial charge in [0.2, 0.25) is 0 Å². The predicted octanol–water partition coefficient (Wildman–Crippen LogP) is 8.23. The Morgan fingerprint density at radius 3 is 2.23 bits per heavy atom. The molecule has 30 heavy (non-hydrogen) atoms. The van der Waals surface area contributed by atoms with Crippen LogP contribution < -0.4 is 4.80 Å². The molecule has 1 aromatic heterocycles. The van der Waals surface area contributed by atoms with Crippen LogP contribution in [-0.2, 0) is 13.0 Å². The molecule has 4 rings (SSSR count). The normalized spacial score (nSPS) is 11.4. The SMILES string of the molecule is Br.Clc1ccc(N=c2scc(-c3ccc(Cl)cc3Cl)n2CCc2ccccc2)cc1. The molecular formula is C23H18BrCl3N2S. The maximum atomic E-state index is 6.50. The standard InChI is InChI=1S/C23H17Cl3N2S.BrH/c24-17-6-9-19(10-7-17)27-23-28(13-12-16-4-2-1-3-5-16)22(15-29-23)20-11-8-18(25)14-21(20)26;/h1-11,14-15H,12-13H2;1H. The lowest BCUT2D eigenvalue weighted by atomic mass is 10.1. The number of hydrogen-bond donors (Lipinski definition) is 0. The number of aromatic nitrogens is 1. The smallest absolute Gasteiger partial charge is 0.190 e. The second-order valence-corrected chi connectivity index (χ2v) is 8.62. The highest BCUT2D eigenvalue weighted by molar-refractivity contribution is 8.93. The quantitative estimate of drug-likeness (QED) is 0.243. The van der Waals surface area contributed by atoms with Crippen LogP contribution in [0.3, 0.4) is 0 Å². The molecule has 3 aromatic carbocycles. The summed E-state index contributed by atoms with van der Waals surface area (Å²) in [6.07, 6.45) is 0.892. The first-order chi connectivity index (χ1) is 14.1. The summed E-state index contributed by atoms with van der Waals surface area (Å²) in [6.45, 7) is 0.786. The molecule has 0 radical (unpaired) electrons. The molecule has 4 aromatic rings. The van der Waals surface area contributed by atoms with E-state index in [1.807, 2.05) is 42.5 Å². The van der Waals surface area contributed by atoms with E-state index in [0.29, 0.717) is 15.1 Å². The van der Waals surface area contributed by atoms with Gasteiger partial charge in [0.25, 0.3) is 0 Å². The fourth-order valence-corrected chi connectivity index (χ4v) is 4.64. The molecule has 0 aliphatic carbocycles. The first-order valence-electron chi connectivity index (χ1n) is 9.08. The van der Waals surface area contributed by atoms with Crippen LogP contribution in [0.4, 0.5) is 5.69 Å². The number of rotatable bonds is 5. The molecule has 0 atom stereocenters. The highest BCUT2D eigenvalue weighted by Crippen LogP contribution is 2.31. The van der Waals surface area contributed by atoms with Crippen LogP contribution in [0.25, 0.3) is 11.3 Å². The van der Waals surface area contributed by atoms with Crippen molar-refractivity contribution in [1.82, 2.24) is 4.57 Å². The summed E-state index contributed by atoms with van der Waals surface area (Å²) in [5.74, 6) is 0. The van der Waals surface area contributed by atoms with Crippen LogP contribution in [-0.4, -0.2) is 4.57 Å². The molecule has 0 amide bonds. The largest absolute Gasteiger partial charge is 0.316 e. The minimum atomic E-state index is 0. The van der Waals surface area contributed by atoms with Gasteiger partial charge in [-0.05, 0) is 54.4 Å². The molecule has 0 saturated carbocycles. The number of aryl methyl sites for hydroxylation is 1. The maximum Gasteiger partial charge on any atom is 0.190 e. The summed E-state index contributed by atoms with van der Waals surface area (Å²) in [4.78, 5) is 5.75. The van der Waals surface area contributed by atoms with Gasteiger partial charge in [-0.1, -0.05) is 65.1 Å². The second kappa shape index (κ2) is 10.7. The zero-order chi connectivity index (χ0) is 20.2. The Morgan fingerprint density at radius 1 is 0.833 bits per heavy atom. The Kier molecular flexibility index (Phi) is 8.20. The molecule has 0 saturated heterocycles. The van der Waals surface area contributed by atoms with Gasteiger partial charge in [0.15, 0.2) is 4.80 Å². The zero-order valence-corrected chi connectivity index (χ0v) is 20.6. The van der Waals surface area contributed by atoms with E-state index >= 15 is 0 Å². The fraction of sp³-hybridized carbons (Fsp3) is 0.0870. The lowest BCUT2D eigenvalue weighted by Crippen LogP contribution is -2.17. The van der Waals surface area contributed by atoms with Crippen molar-refractivity contribution in [2.24, 2.45) is 4.99 Å². The van der Waals surface area contributed by atoms with Crippen LogP contribution in [0.1, 0.15) is 5.56 Å². The Balaban J connectivity index is 0.00000256. The summed E-state index contributed by atoms with van der Waals surface area (Å²) in [5.41, 5.74) is 4.11. The average Bonchev–Trinajstić information content (AvgIpc) is 3.11. The van der Waals surface area contributed by atoms with E-state index in [4.69, 9.17) is 39.8 Å². The first kappa shape index (κ1) is 23.1. The minimum absolute atomic E-state index is 0. The van der Waals surface area contributed by atoms with E-state index in [9.17, 15) is 0 Å². The van der Waals surface area contributed by atoms with Crippen molar-refractivity contribution >= 4 is 68.8 Å². The molecule has 154 valence electrons. The summed E-state index contributed by atoms with van der Waals surface area (Å²) in [5, 5.41) is 4.04. The van der Waals surface area contributed by atoms with Gasteiger partial charge in [-0.3, -0.25) is 0 Å². The predicted molar refractivity (Wildman–Crippen MR) is 135 cm³/mol. The van der Waals surface area contributed by atoms with Gasteiger partial charge >= 0.3 is 0 Å². The second-order valence-electron chi connectivity index (χ2n) is 6.50. The van der Waals surface area contributed by atoms with E-state index in [1.54, 1.807) is 17.4 Å². The van der Waals surface area contributed by atoms with E-state index in [2.05, 4.69) is 34.2 Å². The number of thiazole rings is 1. The molecule has 0 aliphatic rings. The third-order valence-corrected chi connectivity index (χ3v) is 6.19. The average molecular weight is 541 g/mol. The van der Waals surface area contributed by atoms with E-state index in [1.165, 1.54) is 5.56 Å². The third-order valence-electron chi connectivity index (χ3n) is 4.52. The first-order valence-corrected chi connectivity index (χ1v) is 11.1. The Labute approximate surface area is 205 Å². The van der Waals surface area contributed by atoms with Crippen molar-refractivity contribution in [2.45, 2.75) is 13.0 Å². The van der Waals surface area contributed by atoms with Crippen molar-refractivity contribution in [3.63, 3.8) is 0 Å². The van der Waals surface area contributed by atoms with Crippen LogP contribution in [0.15, 0.2) is 83.2 Å². The van der Waals surface area contributed by atoms with E-state index < -0.39 is 0 Å². The number of nitrogens with zero attached hydrogens (tertiary/aromatic N) is 2. The van der Waals surface area contributed by atoms with Gasteiger partial charge < -0.3 is 4.57 Å². The highest BCUT2D eigenvalue weighted by Gasteiger charge is 2.12. The van der Waals surface area contributed by atoms with Gasteiger partial charge in [0, 0.05) is 27.5 Å². The number of benzene rings is 3. The van der Waals surface area contributed by atoms with Gasteiger partial charge in [-0.2, -0.15) is 0 Å². The van der Waals surface area contributed by atoms with Crippen LogP contribution in [0.5, 0.6) is 0 Å². The monoisotopic (exact) mass is 538 g/mol. The lowest BCUT2D eigenvalue weighted by molar-refractivity contribution is 0.684. The number of hydrogen-bond acceptors (Lipinski definition) is 2. The van der Waals surface area contributed by atoms with Gasteiger partial charge in [0.1, 0.15) is 0 Å². The molecule has 0 N–H and O–H groups in total. The van der Waals surface area contributed by atoms with Crippen LogP contribution >= 0.6 is 63.1 Å². The van der Waals surface area contributed by atoms with Crippen molar-refractivity contribution in [1.29, 1.82) is 0 Å². The molecule has 0 aliphatic heterocycles. The van der Waals surface area contributed by atoms with Crippen molar-refractivity contribution in [3.05, 3.63) is 104 Å². The summed E-state index contributed by atoms with van der Waals surface area (Å²) in [7, 11) is 0. The van der Waals surface area contributed by atoms with Crippen LogP contribution in [0.2, 0.25) is 15.1 Å². The molecule has 0 unspecified atom stereocenters. The summed E-state index contributed by atoms with van der Waals surface area (Å²) < 4.78 is 2.21. The van der Waals surface area contributed by atoms with Gasteiger partial charge in [-0.25, -0.2) is 4.99 Å². The van der Waals surface area contributed by atoms with Crippen LogP contribution in [0, 0.1) is 0 Å². The minimum Gasteiger partial charge on any atom is -0.316 e. The van der Waals surface area contributed by atoms with E-state index in [0.717, 1.165) is 34.7 Å². The third kappa shape index (κ3) is 5.57. The molecule has 0 fully saturated rings. The topological polar surface area (TPSA) is 17.3 Å². The molecule has 0 spiro atoms. The maximum absolute atomic E-state index is 6.50. The summed E-state index contributed by atoms with van der Waals surface area (Å²) >= 11 is 20.2. The Bertz CT molecular complexity index is 1190. The summed E-state index contributed by atoms with van der Waals surface area (Å²) in [6, 6.07) is 23.5. The van der Waals surface area contributed by atoms with Gasteiger partial charge in [-0.15, -0.1) is 28.3 Å². The molecule has 2 nitrogen and oxygen atoms in total. The van der Waals surface area contributed by atoms with Crippen molar-refractivity contribution in [3.8, 4) is 11.3 Å². The van der Waals surface area contributed by atoms with Crippen molar-refractivity contribution < 1.29 is 0 Å². The Hall–Kier alpha value is -1.56. The zero-order valence-electron chi connectivity index (χ0n) is 15.8. The Morgan fingerprint density at radius 2 is 1.53 bits per heavy atom. The molecule has 7 heteroatoms. The number of halogens is 4. The van der Waals surface area contributed by atoms with Gasteiger partial charge in [0.05, 0.1) is 16.4 Å². The molecular weight excluding hydrogens is 523 g/mol. The van der Waals surface area contributed by atoms with Crippen molar-refractivity contribution in [2.75, 3.05) is 0 Å². The molecule has 0 bridgehead atoms. The highest BCUT2D eigenvalue weighted by atomic mass is 79.9.